The van der Waals surface area contributed by atoms with E-state index in [0.717, 1.165) is 16.0 Å². The number of hydrogen-bond donors (Lipinski definition) is 0. The van der Waals surface area contributed by atoms with Crippen LogP contribution in [-0.4, -0.2) is 21.6 Å². The molecule has 2 aromatic heterocycles. The van der Waals surface area contributed by atoms with E-state index in [2.05, 4.69) is 4.98 Å². The van der Waals surface area contributed by atoms with E-state index >= 15 is 0 Å². The Hall–Kier alpha value is -2.54. The van der Waals surface area contributed by atoms with Crippen LogP contribution in [0.5, 0.6) is 0 Å². The second-order valence-electron chi connectivity index (χ2n) is 6.11. The minimum Gasteiger partial charge on any atom is -0.461 e. The topological polar surface area (TPSA) is 61.2 Å². The minimum absolute atomic E-state index is 0.191. The highest BCUT2D eigenvalue weighted by Crippen LogP contribution is 2.35. The molecule has 0 aliphatic rings. The largest absolute Gasteiger partial charge is 0.461 e. The van der Waals surface area contributed by atoms with E-state index < -0.39 is 5.97 Å². The molecule has 1 atom stereocenters. The summed E-state index contributed by atoms with van der Waals surface area (Å²) in [4.78, 5) is 30.8. The van der Waals surface area contributed by atoms with Gasteiger partial charge in [-0.1, -0.05) is 19.1 Å². The average molecular weight is 374 g/mol. The molecule has 0 amide bonds. The molecule has 3 rings (SSSR count). The fourth-order valence-electron chi connectivity index (χ4n) is 2.70. The zero-order chi connectivity index (χ0) is 18.8. The van der Waals surface area contributed by atoms with Crippen LogP contribution in [0.25, 0.3) is 21.3 Å². The number of halogens is 1. The molecule has 136 valence electrons. The first-order chi connectivity index (χ1) is 12.4. The summed E-state index contributed by atoms with van der Waals surface area (Å²) < 4.78 is 19.7. The third-order valence-electron chi connectivity index (χ3n) is 4.19. The maximum Gasteiger partial charge on any atom is 0.326 e. The van der Waals surface area contributed by atoms with Crippen LogP contribution >= 0.6 is 11.3 Å². The average Bonchev–Trinajstić information content (AvgIpc) is 2.95. The standard InChI is InChI=1S/C19H19FN2O3S/c1-4-11(2)25-15(23)9-22-10-21-18-17(19(22)24)16(12(3)26-18)13-5-7-14(20)8-6-13/h5-8,10-11H,4,9H2,1-3H3/t11-/m0/s1. The lowest BCUT2D eigenvalue weighted by molar-refractivity contribution is -0.149. The van der Waals surface area contributed by atoms with Gasteiger partial charge < -0.3 is 4.74 Å². The van der Waals surface area contributed by atoms with Crippen molar-refractivity contribution in [2.75, 3.05) is 0 Å². The summed E-state index contributed by atoms with van der Waals surface area (Å²) >= 11 is 1.40. The minimum atomic E-state index is -0.474. The Bertz CT molecular complexity index is 1010. The van der Waals surface area contributed by atoms with E-state index in [0.29, 0.717) is 16.6 Å². The molecule has 0 radical (unpaired) electrons. The molecule has 0 aliphatic carbocycles. The summed E-state index contributed by atoms with van der Waals surface area (Å²) in [5.41, 5.74) is 1.17. The van der Waals surface area contributed by atoms with Crippen molar-refractivity contribution in [1.82, 2.24) is 9.55 Å². The van der Waals surface area contributed by atoms with Crippen molar-refractivity contribution < 1.29 is 13.9 Å². The third kappa shape index (κ3) is 3.53. The third-order valence-corrected chi connectivity index (χ3v) is 5.21. The van der Waals surface area contributed by atoms with Crippen LogP contribution in [0.15, 0.2) is 35.4 Å². The fraction of sp³-hybridized carbons (Fsp3) is 0.316. The summed E-state index contributed by atoms with van der Waals surface area (Å²) in [6.07, 6.45) is 1.87. The van der Waals surface area contributed by atoms with E-state index in [4.69, 9.17) is 4.74 Å². The Morgan fingerprint density at radius 3 is 2.69 bits per heavy atom. The molecule has 0 unspecified atom stereocenters. The van der Waals surface area contributed by atoms with Crippen LogP contribution in [0.1, 0.15) is 25.1 Å². The Balaban J connectivity index is 2.05. The van der Waals surface area contributed by atoms with Crippen molar-refractivity contribution in [3.8, 4) is 11.1 Å². The number of hydrogen-bond acceptors (Lipinski definition) is 5. The Kier molecular flexibility index (Phi) is 5.18. The smallest absolute Gasteiger partial charge is 0.326 e. The lowest BCUT2D eigenvalue weighted by Crippen LogP contribution is -2.27. The SMILES string of the molecule is CC[C@H](C)OC(=O)Cn1cnc2sc(C)c(-c3ccc(F)cc3)c2c1=O. The van der Waals surface area contributed by atoms with Crippen molar-refractivity contribution >= 4 is 27.5 Å². The lowest BCUT2D eigenvalue weighted by Gasteiger charge is -2.11. The molecule has 2 heterocycles. The highest BCUT2D eigenvalue weighted by molar-refractivity contribution is 7.19. The number of nitrogens with zero attached hydrogens (tertiary/aromatic N) is 2. The van der Waals surface area contributed by atoms with Gasteiger partial charge in [0.25, 0.3) is 5.56 Å². The predicted molar refractivity (Wildman–Crippen MR) is 99.9 cm³/mol. The van der Waals surface area contributed by atoms with E-state index in [-0.39, 0.29) is 24.0 Å². The zero-order valence-electron chi connectivity index (χ0n) is 14.8. The summed E-state index contributed by atoms with van der Waals surface area (Å²) in [5, 5.41) is 0.443. The molecule has 0 saturated heterocycles. The van der Waals surface area contributed by atoms with E-state index in [1.165, 1.54) is 34.4 Å². The van der Waals surface area contributed by atoms with Crippen molar-refractivity contribution in [2.24, 2.45) is 0 Å². The van der Waals surface area contributed by atoms with Crippen LogP contribution in [0.3, 0.4) is 0 Å². The van der Waals surface area contributed by atoms with Crippen LogP contribution < -0.4 is 5.56 Å². The van der Waals surface area contributed by atoms with Gasteiger partial charge in [0, 0.05) is 10.4 Å². The number of ether oxygens (including phenoxy) is 1. The molecule has 0 N–H and O–H groups in total. The monoisotopic (exact) mass is 374 g/mol. The van der Waals surface area contributed by atoms with Crippen LogP contribution in [0.2, 0.25) is 0 Å². The van der Waals surface area contributed by atoms with Gasteiger partial charge in [-0.05, 0) is 38.0 Å². The molecular formula is C19H19FN2O3S. The fourth-order valence-corrected chi connectivity index (χ4v) is 3.70. The molecule has 26 heavy (non-hydrogen) atoms. The van der Waals surface area contributed by atoms with Gasteiger partial charge in [-0.2, -0.15) is 0 Å². The number of esters is 1. The van der Waals surface area contributed by atoms with Crippen LogP contribution in [0.4, 0.5) is 4.39 Å². The first-order valence-corrected chi connectivity index (χ1v) is 9.16. The number of aromatic nitrogens is 2. The Morgan fingerprint density at radius 2 is 2.04 bits per heavy atom. The molecular weight excluding hydrogens is 355 g/mol. The predicted octanol–water partition coefficient (Wildman–Crippen LogP) is 3.91. The van der Waals surface area contributed by atoms with Gasteiger partial charge in [-0.3, -0.25) is 14.2 Å². The number of carbonyl (C=O) groups excluding carboxylic acids is 1. The molecule has 0 saturated carbocycles. The number of thiophene rings is 1. The quantitative estimate of drug-likeness (QED) is 0.635. The Labute approximate surface area is 154 Å². The second kappa shape index (κ2) is 7.37. The van der Waals surface area contributed by atoms with Crippen LogP contribution in [-0.2, 0) is 16.1 Å². The highest BCUT2D eigenvalue weighted by Gasteiger charge is 2.18. The highest BCUT2D eigenvalue weighted by atomic mass is 32.1. The molecule has 0 spiro atoms. The number of aryl methyl sites for hydroxylation is 1. The molecule has 5 nitrogen and oxygen atoms in total. The van der Waals surface area contributed by atoms with E-state index in [9.17, 15) is 14.0 Å². The normalized spacial score (nSPS) is 12.3. The van der Waals surface area contributed by atoms with Gasteiger partial charge >= 0.3 is 5.97 Å². The number of rotatable bonds is 5. The van der Waals surface area contributed by atoms with Crippen LogP contribution in [0, 0.1) is 12.7 Å². The molecule has 0 bridgehead atoms. The molecule has 0 fully saturated rings. The van der Waals surface area contributed by atoms with Crippen molar-refractivity contribution in [3.05, 3.63) is 51.6 Å². The summed E-state index contributed by atoms with van der Waals surface area (Å²) in [7, 11) is 0. The lowest BCUT2D eigenvalue weighted by atomic mass is 10.0. The van der Waals surface area contributed by atoms with Gasteiger partial charge in [-0.15, -0.1) is 11.3 Å². The van der Waals surface area contributed by atoms with Crippen molar-refractivity contribution in [2.45, 2.75) is 39.8 Å². The Morgan fingerprint density at radius 1 is 1.35 bits per heavy atom. The summed E-state index contributed by atoms with van der Waals surface area (Å²) in [6, 6.07) is 5.99. The van der Waals surface area contributed by atoms with Crippen molar-refractivity contribution in [3.63, 3.8) is 0 Å². The maximum atomic E-state index is 13.2. The molecule has 1 aromatic carbocycles. The number of fused-ring (bicyclic) bond motifs is 1. The van der Waals surface area contributed by atoms with Gasteiger partial charge in [0.05, 0.1) is 17.8 Å². The van der Waals surface area contributed by atoms with E-state index in [1.54, 1.807) is 19.1 Å². The molecule has 3 aromatic rings. The van der Waals surface area contributed by atoms with Crippen molar-refractivity contribution in [1.29, 1.82) is 0 Å². The van der Waals surface area contributed by atoms with Gasteiger partial charge in [0.1, 0.15) is 17.2 Å². The van der Waals surface area contributed by atoms with Gasteiger partial charge in [-0.25, -0.2) is 9.37 Å². The van der Waals surface area contributed by atoms with Gasteiger partial charge in [0.15, 0.2) is 0 Å². The number of carbonyl (C=O) groups is 1. The summed E-state index contributed by atoms with van der Waals surface area (Å²) in [6.45, 7) is 5.42. The zero-order valence-corrected chi connectivity index (χ0v) is 15.6. The first kappa shape index (κ1) is 18.3. The second-order valence-corrected chi connectivity index (χ2v) is 7.31. The molecule has 0 aliphatic heterocycles. The summed E-state index contributed by atoms with van der Waals surface area (Å²) in [5.74, 6) is -0.813. The van der Waals surface area contributed by atoms with E-state index in [1.807, 2.05) is 13.8 Å². The maximum absolute atomic E-state index is 13.2. The molecule has 7 heteroatoms. The first-order valence-electron chi connectivity index (χ1n) is 8.34. The van der Waals surface area contributed by atoms with Gasteiger partial charge in [0.2, 0.25) is 0 Å². The number of benzene rings is 1.